The number of nitrogens with two attached hydrogens (primary N) is 2. The van der Waals surface area contributed by atoms with Gasteiger partial charge in [-0.05, 0) is 0 Å². The fourth-order valence-corrected chi connectivity index (χ4v) is 2.58. The summed E-state index contributed by atoms with van der Waals surface area (Å²) in [7, 11) is 0. The van der Waals surface area contributed by atoms with E-state index < -0.39 is 61.4 Å². The molecule has 0 aliphatic carbocycles. The van der Waals surface area contributed by atoms with Crippen molar-refractivity contribution in [2.24, 2.45) is 11.5 Å². The highest BCUT2D eigenvalue weighted by molar-refractivity contribution is 4.92. The van der Waals surface area contributed by atoms with Gasteiger partial charge in [0.25, 0.3) is 0 Å². The molecule has 2 heterocycles. The van der Waals surface area contributed by atoms with Gasteiger partial charge < -0.3 is 56.3 Å². The van der Waals surface area contributed by atoms with E-state index in [2.05, 4.69) is 0 Å². The molecule has 136 valence electrons. The maximum Gasteiger partial charge on any atom is 0.189 e. The molecule has 0 bridgehead atoms. The Bertz CT molecular complexity index is 352. The molecule has 0 aromatic heterocycles. The van der Waals surface area contributed by atoms with Gasteiger partial charge in [-0.2, -0.15) is 0 Å². The average Bonchev–Trinajstić information content (AvgIpc) is 2.55. The largest absolute Gasteiger partial charge is 0.388 e. The van der Waals surface area contributed by atoms with Crippen LogP contribution < -0.4 is 11.5 Å². The van der Waals surface area contributed by atoms with Gasteiger partial charge in [-0.15, -0.1) is 0 Å². The Balaban J connectivity index is 2.07. The quantitative estimate of drug-likeness (QED) is 0.242. The molecule has 10 atom stereocenters. The third-order valence-corrected chi connectivity index (χ3v) is 4.07. The van der Waals surface area contributed by atoms with Gasteiger partial charge in [-0.1, -0.05) is 0 Å². The van der Waals surface area contributed by atoms with E-state index in [-0.39, 0.29) is 13.1 Å². The predicted molar refractivity (Wildman–Crippen MR) is 72.6 cm³/mol. The van der Waals surface area contributed by atoms with Crippen LogP contribution in [-0.2, 0) is 14.2 Å². The van der Waals surface area contributed by atoms with Crippen molar-refractivity contribution in [1.82, 2.24) is 0 Å². The van der Waals surface area contributed by atoms with E-state index in [0.717, 1.165) is 0 Å². The molecule has 11 nitrogen and oxygen atoms in total. The molecule has 6 unspecified atom stereocenters. The highest BCUT2D eigenvalue weighted by Crippen LogP contribution is 2.27. The van der Waals surface area contributed by atoms with Crippen LogP contribution in [-0.4, -0.2) is 105 Å². The van der Waals surface area contributed by atoms with Gasteiger partial charge in [0.15, 0.2) is 12.6 Å². The van der Waals surface area contributed by atoms with Crippen molar-refractivity contribution in [2.75, 3.05) is 13.1 Å². The first-order valence-electron chi connectivity index (χ1n) is 7.26. The van der Waals surface area contributed by atoms with Crippen LogP contribution in [0.5, 0.6) is 0 Å². The summed E-state index contributed by atoms with van der Waals surface area (Å²) < 4.78 is 15.7. The summed E-state index contributed by atoms with van der Waals surface area (Å²) in [5.74, 6) is 0. The first-order chi connectivity index (χ1) is 10.8. The molecule has 0 radical (unpaired) electrons. The fourth-order valence-electron chi connectivity index (χ4n) is 2.58. The minimum atomic E-state index is -1.64. The Kier molecular flexibility index (Phi) is 6.27. The monoisotopic (exact) mass is 340 g/mol. The van der Waals surface area contributed by atoms with Crippen LogP contribution >= 0.6 is 0 Å². The summed E-state index contributed by atoms with van der Waals surface area (Å²) in [4.78, 5) is 0. The molecule has 11 heteroatoms. The van der Waals surface area contributed by atoms with Crippen molar-refractivity contribution < 1.29 is 44.8 Å². The lowest BCUT2D eigenvalue weighted by molar-refractivity contribution is -0.371. The lowest BCUT2D eigenvalue weighted by Crippen LogP contribution is -2.64. The van der Waals surface area contributed by atoms with Crippen LogP contribution in [0.2, 0.25) is 0 Å². The van der Waals surface area contributed by atoms with Crippen LogP contribution in [0.15, 0.2) is 0 Å². The number of aliphatic hydroxyl groups excluding tert-OH is 6. The lowest BCUT2D eigenvalue weighted by Gasteiger charge is -2.44. The van der Waals surface area contributed by atoms with Crippen molar-refractivity contribution in [3.63, 3.8) is 0 Å². The molecule has 0 amide bonds. The lowest BCUT2D eigenvalue weighted by atomic mass is 9.98. The molecule has 0 aromatic rings. The maximum absolute atomic E-state index is 9.90. The normalized spacial score (nSPS) is 51.7. The van der Waals surface area contributed by atoms with E-state index in [1.807, 2.05) is 0 Å². The SMILES string of the molecule is NCC1O[C@H](O[C@@H]2OC(CN)[C@H](O)C(O)C2O)C(O)C(O)[C@@H]1O. The van der Waals surface area contributed by atoms with Crippen LogP contribution in [0.1, 0.15) is 0 Å². The second kappa shape index (κ2) is 7.63. The van der Waals surface area contributed by atoms with Crippen LogP contribution in [0.3, 0.4) is 0 Å². The van der Waals surface area contributed by atoms with Gasteiger partial charge in [-0.3, -0.25) is 0 Å². The molecule has 0 spiro atoms. The first kappa shape index (κ1) is 18.9. The van der Waals surface area contributed by atoms with Gasteiger partial charge in [0.05, 0.1) is 0 Å². The minimum absolute atomic E-state index is 0.147. The fraction of sp³-hybridized carbons (Fsp3) is 1.00. The molecule has 0 saturated carbocycles. The number of hydrogen-bond donors (Lipinski definition) is 8. The van der Waals surface area contributed by atoms with E-state index in [1.54, 1.807) is 0 Å². The smallest absolute Gasteiger partial charge is 0.189 e. The van der Waals surface area contributed by atoms with E-state index in [9.17, 15) is 30.6 Å². The zero-order valence-corrected chi connectivity index (χ0v) is 12.3. The van der Waals surface area contributed by atoms with Gasteiger partial charge in [0.1, 0.15) is 48.8 Å². The molecule has 10 N–H and O–H groups in total. The van der Waals surface area contributed by atoms with E-state index in [4.69, 9.17) is 25.7 Å². The molecule has 2 saturated heterocycles. The number of hydrogen-bond acceptors (Lipinski definition) is 11. The first-order valence-corrected chi connectivity index (χ1v) is 7.26. The van der Waals surface area contributed by atoms with Crippen LogP contribution in [0, 0.1) is 0 Å². The summed E-state index contributed by atoms with van der Waals surface area (Å²) in [5, 5.41) is 58.8. The van der Waals surface area contributed by atoms with Crippen LogP contribution in [0.25, 0.3) is 0 Å². The number of aliphatic hydroxyl groups is 6. The Morgan fingerprint density at radius 3 is 1.26 bits per heavy atom. The van der Waals surface area contributed by atoms with Gasteiger partial charge in [0.2, 0.25) is 0 Å². The zero-order valence-electron chi connectivity index (χ0n) is 12.3. The van der Waals surface area contributed by atoms with E-state index >= 15 is 0 Å². The number of ether oxygens (including phenoxy) is 3. The highest BCUT2D eigenvalue weighted by atomic mass is 16.8. The Morgan fingerprint density at radius 2 is 0.957 bits per heavy atom. The Labute approximate surface area is 132 Å². The summed E-state index contributed by atoms with van der Waals surface area (Å²) in [6.45, 7) is -0.294. The zero-order chi connectivity index (χ0) is 17.3. The average molecular weight is 340 g/mol. The molecule has 23 heavy (non-hydrogen) atoms. The topological polar surface area (TPSA) is 201 Å². The Morgan fingerprint density at radius 1 is 0.609 bits per heavy atom. The second-order valence-corrected chi connectivity index (χ2v) is 5.64. The second-order valence-electron chi connectivity index (χ2n) is 5.64. The molecule has 2 fully saturated rings. The van der Waals surface area contributed by atoms with E-state index in [1.165, 1.54) is 0 Å². The predicted octanol–water partition coefficient (Wildman–Crippen LogP) is -5.46. The summed E-state index contributed by atoms with van der Waals surface area (Å²) in [6, 6.07) is 0. The van der Waals surface area contributed by atoms with Crippen LogP contribution in [0.4, 0.5) is 0 Å². The maximum atomic E-state index is 9.90. The summed E-state index contributed by atoms with van der Waals surface area (Å²) in [6.07, 6.45) is -14.2. The standard InChI is InChI=1S/C12H24N2O9/c13-1-3-5(15)7(17)9(19)11(21-3)23-12-10(20)8(18)6(16)4(2-14)22-12/h3-12,15-20H,1-2,13-14H2/t3?,4?,5-,6+,7?,8?,9?,10?,11-,12+. The minimum Gasteiger partial charge on any atom is -0.388 e. The van der Waals surface area contributed by atoms with Crippen molar-refractivity contribution in [2.45, 2.75) is 61.4 Å². The number of rotatable bonds is 4. The third-order valence-electron chi connectivity index (χ3n) is 4.07. The molecular weight excluding hydrogens is 316 g/mol. The highest BCUT2D eigenvalue weighted by Gasteiger charge is 2.49. The van der Waals surface area contributed by atoms with Crippen molar-refractivity contribution in [3.05, 3.63) is 0 Å². The molecule has 0 aromatic carbocycles. The van der Waals surface area contributed by atoms with Gasteiger partial charge in [0, 0.05) is 13.1 Å². The van der Waals surface area contributed by atoms with E-state index in [0.29, 0.717) is 0 Å². The Hall–Kier alpha value is -0.440. The van der Waals surface area contributed by atoms with Crippen molar-refractivity contribution in [3.8, 4) is 0 Å². The molecule has 2 rings (SSSR count). The summed E-state index contributed by atoms with van der Waals surface area (Å²) in [5.41, 5.74) is 10.8. The van der Waals surface area contributed by atoms with Crippen molar-refractivity contribution in [1.29, 1.82) is 0 Å². The summed E-state index contributed by atoms with van der Waals surface area (Å²) >= 11 is 0. The molecular formula is C12H24N2O9. The van der Waals surface area contributed by atoms with Gasteiger partial charge >= 0.3 is 0 Å². The molecule has 2 aliphatic heterocycles. The third kappa shape index (κ3) is 3.65. The van der Waals surface area contributed by atoms with Gasteiger partial charge in [-0.25, -0.2) is 0 Å². The van der Waals surface area contributed by atoms with Crippen molar-refractivity contribution >= 4 is 0 Å². The molecule has 2 aliphatic rings.